The van der Waals surface area contributed by atoms with Gasteiger partial charge in [-0.3, -0.25) is 18.2 Å². The molecular weight excluding hydrogens is 572 g/mol. The molecule has 208 valence electrons. The second-order valence-electron chi connectivity index (χ2n) is 8.03. The third kappa shape index (κ3) is 9.33. The van der Waals surface area contributed by atoms with Gasteiger partial charge in [-0.25, -0.2) is 16.7 Å². The molecule has 0 bridgehead atoms. The smallest absolute Gasteiger partial charge is 0.345 e. The third-order valence-electron chi connectivity index (χ3n) is 5.07. The highest BCUT2D eigenvalue weighted by molar-refractivity contribution is 7.81. The van der Waals surface area contributed by atoms with Crippen LogP contribution in [0.4, 0.5) is 0 Å². The van der Waals surface area contributed by atoms with E-state index in [1.165, 1.54) is 13.8 Å². The van der Waals surface area contributed by atoms with Crippen LogP contribution in [-0.4, -0.2) is 94.3 Å². The fourth-order valence-corrected chi connectivity index (χ4v) is 6.13. The first kappa shape index (κ1) is 30.6. The summed E-state index contributed by atoms with van der Waals surface area (Å²) < 4.78 is 156. The third-order valence-corrected chi connectivity index (χ3v) is 6.94. The minimum absolute atomic E-state index is 0.165. The van der Waals surface area contributed by atoms with Crippen LogP contribution in [0.1, 0.15) is 33.6 Å². The lowest BCUT2D eigenvalue weighted by atomic mass is 9.81. The van der Waals surface area contributed by atoms with Gasteiger partial charge >= 0.3 is 41.6 Å². The molecule has 1 saturated heterocycles. The molecule has 1 heterocycles. The van der Waals surface area contributed by atoms with Gasteiger partial charge in [-0.2, -0.15) is 33.7 Å². The Morgan fingerprint density at radius 1 is 0.686 bits per heavy atom. The van der Waals surface area contributed by atoms with E-state index < -0.39 is 96.3 Å². The van der Waals surface area contributed by atoms with E-state index in [1.807, 2.05) is 0 Å². The summed E-state index contributed by atoms with van der Waals surface area (Å²) >= 11 is 0. The fraction of sp³-hybridized carbons (Fsp3) is 1.00. The zero-order valence-corrected chi connectivity index (χ0v) is 21.4. The molecule has 4 N–H and O–H groups in total. The summed E-state index contributed by atoms with van der Waals surface area (Å²) in [7, 11) is -21.3. The summed E-state index contributed by atoms with van der Waals surface area (Å²) in [6, 6.07) is 0. The first-order chi connectivity index (χ1) is 15.5. The summed E-state index contributed by atoms with van der Waals surface area (Å²) in [6.07, 6.45) is -11.3. The zero-order valence-electron chi connectivity index (χ0n) is 18.1. The van der Waals surface area contributed by atoms with E-state index in [2.05, 4.69) is 16.7 Å². The van der Waals surface area contributed by atoms with Crippen molar-refractivity contribution in [2.24, 2.45) is 5.92 Å². The highest BCUT2D eigenvalue weighted by Crippen LogP contribution is 2.41. The molecule has 22 heteroatoms. The van der Waals surface area contributed by atoms with Crippen LogP contribution in [0.2, 0.25) is 0 Å². The van der Waals surface area contributed by atoms with Crippen LogP contribution in [0.3, 0.4) is 0 Å². The first-order valence-corrected chi connectivity index (χ1v) is 14.9. The molecule has 2 fully saturated rings. The van der Waals surface area contributed by atoms with Crippen LogP contribution in [0.25, 0.3) is 0 Å². The van der Waals surface area contributed by atoms with Crippen LogP contribution in [-0.2, 0) is 67.8 Å². The number of hydrogen-bond donors (Lipinski definition) is 4. The van der Waals surface area contributed by atoms with E-state index in [1.54, 1.807) is 0 Å². The Morgan fingerprint density at radius 2 is 1.11 bits per heavy atom. The average Bonchev–Trinajstić information content (AvgIpc) is 2.83. The second kappa shape index (κ2) is 10.3. The molecular formula is C13H24O18S4. The highest BCUT2D eigenvalue weighted by Gasteiger charge is 2.56. The SMILES string of the molecule is CC1C[C@H](O[C@]2(C)O[C@H](C)C[C@H]2OS(=O)(=O)O)C(OS(=O)(=O)O)[C@@H](OS(=O)(=O)O)[C@@H]1OS(=O)(=O)O. The molecule has 8 atom stereocenters. The highest BCUT2D eigenvalue weighted by atomic mass is 32.3. The minimum Gasteiger partial charge on any atom is -0.345 e. The Bertz CT molecular complexity index is 1190. The Balaban J connectivity index is 2.54. The maximum absolute atomic E-state index is 11.5. The molecule has 2 unspecified atom stereocenters. The van der Waals surface area contributed by atoms with Crippen LogP contribution in [0.5, 0.6) is 0 Å². The van der Waals surface area contributed by atoms with Crippen molar-refractivity contribution in [3.63, 3.8) is 0 Å². The quantitative estimate of drug-likeness (QED) is 0.213. The van der Waals surface area contributed by atoms with Crippen LogP contribution >= 0.6 is 0 Å². The topological polar surface area (TPSA) is 273 Å². The largest absolute Gasteiger partial charge is 0.397 e. The average molecular weight is 597 g/mol. The Labute approximate surface area is 201 Å². The standard InChI is InChI=1S/C13H24O18S4/c1-6-4-8(27-13(3)9(5-7(2)26-13)28-32(14,15)16)11(30-34(20,21)22)12(31-35(23,24)25)10(6)29-33(17,18)19/h6-12H,4-5H2,1-3H3,(H,14,15,16)(H,17,18,19)(H,20,21,22)(H,23,24,25)/t6?,7-,8+,9-,10-,11?,12+,13+/m1/s1. The van der Waals surface area contributed by atoms with Gasteiger partial charge in [0.15, 0.2) is 5.79 Å². The van der Waals surface area contributed by atoms with Gasteiger partial charge in [0.2, 0.25) is 0 Å². The van der Waals surface area contributed by atoms with Gasteiger partial charge in [0.05, 0.1) is 12.2 Å². The molecule has 2 rings (SSSR count). The van der Waals surface area contributed by atoms with Crippen molar-refractivity contribution < 1.29 is 78.1 Å². The number of rotatable bonds is 10. The molecule has 0 amide bonds. The lowest BCUT2D eigenvalue weighted by Crippen LogP contribution is -2.60. The normalized spacial score (nSPS) is 37.4. The van der Waals surface area contributed by atoms with Crippen molar-refractivity contribution in [2.45, 2.75) is 76.0 Å². The van der Waals surface area contributed by atoms with Crippen molar-refractivity contribution in [1.82, 2.24) is 0 Å². The fourth-order valence-electron chi connectivity index (χ4n) is 3.99. The van der Waals surface area contributed by atoms with Crippen molar-refractivity contribution in [2.75, 3.05) is 0 Å². The zero-order chi connectivity index (χ0) is 27.2. The van der Waals surface area contributed by atoms with Crippen molar-refractivity contribution in [1.29, 1.82) is 0 Å². The Kier molecular flexibility index (Phi) is 8.99. The van der Waals surface area contributed by atoms with Gasteiger partial charge < -0.3 is 9.47 Å². The van der Waals surface area contributed by atoms with Gasteiger partial charge in [-0.1, -0.05) is 6.92 Å². The maximum atomic E-state index is 11.5. The van der Waals surface area contributed by atoms with Gasteiger partial charge in [0, 0.05) is 6.42 Å². The number of ether oxygens (including phenoxy) is 2. The van der Waals surface area contributed by atoms with Crippen molar-refractivity contribution in [3.05, 3.63) is 0 Å². The second-order valence-corrected chi connectivity index (χ2v) is 12.2. The molecule has 0 aromatic carbocycles. The van der Waals surface area contributed by atoms with E-state index in [-0.39, 0.29) is 6.42 Å². The van der Waals surface area contributed by atoms with Gasteiger partial charge in [0.1, 0.15) is 24.4 Å². The Morgan fingerprint density at radius 3 is 1.57 bits per heavy atom. The molecule has 1 saturated carbocycles. The molecule has 0 aromatic rings. The van der Waals surface area contributed by atoms with Gasteiger partial charge in [-0.05, 0) is 26.2 Å². The van der Waals surface area contributed by atoms with Crippen LogP contribution in [0.15, 0.2) is 0 Å². The lowest BCUT2D eigenvalue weighted by Gasteiger charge is -2.45. The summed E-state index contributed by atoms with van der Waals surface area (Å²) in [4.78, 5) is 0. The predicted octanol–water partition coefficient (Wildman–Crippen LogP) is -1.31. The number of hydrogen-bond acceptors (Lipinski definition) is 14. The van der Waals surface area contributed by atoms with E-state index in [0.29, 0.717) is 0 Å². The van der Waals surface area contributed by atoms with E-state index in [4.69, 9.17) is 23.1 Å². The summed E-state index contributed by atoms with van der Waals surface area (Å²) in [6.45, 7) is 3.81. The lowest BCUT2D eigenvalue weighted by molar-refractivity contribution is -0.288. The summed E-state index contributed by atoms with van der Waals surface area (Å²) in [5, 5.41) is 0. The van der Waals surface area contributed by atoms with E-state index in [0.717, 1.165) is 6.92 Å². The monoisotopic (exact) mass is 596 g/mol. The molecule has 0 spiro atoms. The predicted molar refractivity (Wildman–Crippen MR) is 108 cm³/mol. The molecule has 0 aromatic heterocycles. The van der Waals surface area contributed by atoms with E-state index in [9.17, 15) is 38.2 Å². The molecule has 1 aliphatic carbocycles. The van der Waals surface area contributed by atoms with Crippen molar-refractivity contribution >= 4 is 41.6 Å². The first-order valence-electron chi connectivity index (χ1n) is 9.46. The molecule has 2 aliphatic rings. The molecule has 18 nitrogen and oxygen atoms in total. The summed E-state index contributed by atoms with van der Waals surface area (Å²) in [5.74, 6) is -3.22. The Hall–Kier alpha value is -0.600. The van der Waals surface area contributed by atoms with Crippen LogP contribution < -0.4 is 0 Å². The minimum atomic E-state index is -5.47. The molecule has 1 aliphatic heterocycles. The molecule has 35 heavy (non-hydrogen) atoms. The molecule has 0 radical (unpaired) electrons. The van der Waals surface area contributed by atoms with E-state index >= 15 is 0 Å². The van der Waals surface area contributed by atoms with Crippen molar-refractivity contribution in [3.8, 4) is 0 Å². The summed E-state index contributed by atoms with van der Waals surface area (Å²) in [5.41, 5.74) is 0. The van der Waals surface area contributed by atoms with Crippen LogP contribution in [0, 0.1) is 5.92 Å². The maximum Gasteiger partial charge on any atom is 0.397 e. The van der Waals surface area contributed by atoms with Gasteiger partial charge in [-0.15, -0.1) is 0 Å². The van der Waals surface area contributed by atoms with Gasteiger partial charge in [0.25, 0.3) is 0 Å².